The lowest BCUT2D eigenvalue weighted by molar-refractivity contribution is 0.0698. The molecule has 2 rings (SSSR count). The average Bonchev–Trinajstić information content (AvgIpc) is 2.45. The molecule has 0 aliphatic rings. The van der Waals surface area contributed by atoms with Gasteiger partial charge in [-0.15, -0.1) is 0 Å². The summed E-state index contributed by atoms with van der Waals surface area (Å²) in [6.07, 6.45) is 1.46. The quantitative estimate of drug-likeness (QED) is 0.874. The number of carboxylic acid groups (broad SMARTS) is 1. The van der Waals surface area contributed by atoms with Crippen molar-refractivity contribution < 1.29 is 9.90 Å². The zero-order valence-electron chi connectivity index (χ0n) is 12.1. The van der Waals surface area contributed by atoms with Crippen LogP contribution in [0.3, 0.4) is 0 Å². The first kappa shape index (κ1) is 14.8. The number of carbonyl (C=O) groups is 1. The minimum atomic E-state index is -1.05. The molecule has 0 aliphatic carbocycles. The van der Waals surface area contributed by atoms with Crippen molar-refractivity contribution >= 4 is 17.5 Å². The van der Waals surface area contributed by atoms with Gasteiger partial charge in [0.25, 0.3) is 0 Å². The highest BCUT2D eigenvalue weighted by Gasteiger charge is 2.17. The zero-order valence-corrected chi connectivity index (χ0v) is 12.1. The molecule has 21 heavy (non-hydrogen) atoms. The van der Waals surface area contributed by atoms with Crippen molar-refractivity contribution in [2.75, 3.05) is 17.2 Å². The molecule has 0 spiro atoms. The standard InChI is InChI=1S/C15H18N4O2/c1-3-19(9-11-6-4-5-10(2)18-11)14-13(16)12(15(20)21)7-8-17-14/h4-8H,3,9,16H2,1-2H3,(H,20,21). The normalized spacial score (nSPS) is 10.4. The number of aromatic carboxylic acids is 1. The van der Waals surface area contributed by atoms with E-state index in [1.165, 1.54) is 12.3 Å². The Morgan fingerprint density at radius 3 is 2.76 bits per heavy atom. The van der Waals surface area contributed by atoms with Crippen molar-refractivity contribution in [3.63, 3.8) is 0 Å². The molecule has 0 unspecified atom stereocenters. The van der Waals surface area contributed by atoms with Crippen LogP contribution in [0.4, 0.5) is 11.5 Å². The summed E-state index contributed by atoms with van der Waals surface area (Å²) in [4.78, 5) is 21.7. The van der Waals surface area contributed by atoms with Crippen molar-refractivity contribution in [1.29, 1.82) is 0 Å². The molecule has 110 valence electrons. The van der Waals surface area contributed by atoms with Crippen molar-refractivity contribution in [3.8, 4) is 0 Å². The second-order valence-electron chi connectivity index (χ2n) is 4.69. The fraction of sp³-hybridized carbons (Fsp3) is 0.267. The van der Waals surface area contributed by atoms with Crippen LogP contribution in [-0.4, -0.2) is 27.6 Å². The number of anilines is 2. The number of pyridine rings is 2. The maximum absolute atomic E-state index is 11.1. The van der Waals surface area contributed by atoms with Crippen LogP contribution in [0, 0.1) is 6.92 Å². The highest BCUT2D eigenvalue weighted by molar-refractivity contribution is 5.96. The fourth-order valence-corrected chi connectivity index (χ4v) is 2.12. The third kappa shape index (κ3) is 3.28. The topological polar surface area (TPSA) is 92.3 Å². The average molecular weight is 286 g/mol. The van der Waals surface area contributed by atoms with Crippen LogP contribution in [0.1, 0.15) is 28.7 Å². The van der Waals surface area contributed by atoms with Gasteiger partial charge >= 0.3 is 5.97 Å². The van der Waals surface area contributed by atoms with Crippen LogP contribution >= 0.6 is 0 Å². The number of nitrogen functional groups attached to an aromatic ring is 1. The van der Waals surface area contributed by atoms with Crippen LogP contribution < -0.4 is 10.6 Å². The van der Waals surface area contributed by atoms with E-state index in [0.717, 1.165) is 11.4 Å². The van der Waals surface area contributed by atoms with E-state index in [-0.39, 0.29) is 11.3 Å². The fourth-order valence-electron chi connectivity index (χ4n) is 2.12. The number of hydrogen-bond acceptors (Lipinski definition) is 5. The van der Waals surface area contributed by atoms with Gasteiger partial charge in [-0.2, -0.15) is 0 Å². The Hall–Kier alpha value is -2.63. The van der Waals surface area contributed by atoms with Crippen molar-refractivity contribution in [1.82, 2.24) is 9.97 Å². The van der Waals surface area contributed by atoms with E-state index >= 15 is 0 Å². The van der Waals surface area contributed by atoms with E-state index in [1.807, 2.05) is 36.9 Å². The van der Waals surface area contributed by atoms with Crippen LogP contribution in [0.15, 0.2) is 30.5 Å². The lowest BCUT2D eigenvalue weighted by atomic mass is 10.2. The molecule has 0 bridgehead atoms. The SMILES string of the molecule is CCN(Cc1cccc(C)n1)c1nccc(C(=O)O)c1N. The maximum Gasteiger partial charge on any atom is 0.337 e. The Labute approximate surface area is 123 Å². The molecule has 0 fully saturated rings. The summed E-state index contributed by atoms with van der Waals surface area (Å²) < 4.78 is 0. The van der Waals surface area contributed by atoms with Crippen molar-refractivity contribution in [2.24, 2.45) is 0 Å². The van der Waals surface area contributed by atoms with E-state index in [1.54, 1.807) is 0 Å². The Kier molecular flexibility index (Phi) is 4.37. The highest BCUT2D eigenvalue weighted by Crippen LogP contribution is 2.25. The second kappa shape index (κ2) is 6.21. The molecule has 0 saturated heterocycles. The Morgan fingerprint density at radius 2 is 2.14 bits per heavy atom. The van der Waals surface area contributed by atoms with Crippen LogP contribution in [0.5, 0.6) is 0 Å². The van der Waals surface area contributed by atoms with Gasteiger partial charge < -0.3 is 15.7 Å². The van der Waals surface area contributed by atoms with Gasteiger partial charge in [0.2, 0.25) is 0 Å². The molecule has 0 amide bonds. The second-order valence-corrected chi connectivity index (χ2v) is 4.69. The van der Waals surface area contributed by atoms with Crippen LogP contribution in [-0.2, 0) is 6.54 Å². The molecule has 0 aliphatic heterocycles. The first-order valence-corrected chi connectivity index (χ1v) is 6.68. The van der Waals surface area contributed by atoms with Gasteiger partial charge in [0.05, 0.1) is 23.5 Å². The monoisotopic (exact) mass is 286 g/mol. The van der Waals surface area contributed by atoms with E-state index in [0.29, 0.717) is 18.9 Å². The Balaban J connectivity index is 2.34. The lowest BCUT2D eigenvalue weighted by Gasteiger charge is -2.23. The molecule has 2 aromatic rings. The third-order valence-electron chi connectivity index (χ3n) is 3.18. The smallest absolute Gasteiger partial charge is 0.337 e. The highest BCUT2D eigenvalue weighted by atomic mass is 16.4. The summed E-state index contributed by atoms with van der Waals surface area (Å²) in [5.74, 6) is -0.582. The van der Waals surface area contributed by atoms with E-state index in [2.05, 4.69) is 9.97 Å². The summed E-state index contributed by atoms with van der Waals surface area (Å²) in [7, 11) is 0. The Bertz CT molecular complexity index is 658. The predicted octanol–water partition coefficient (Wildman–Crippen LogP) is 2.09. The largest absolute Gasteiger partial charge is 0.478 e. The van der Waals surface area contributed by atoms with Gasteiger partial charge in [-0.05, 0) is 32.0 Å². The number of nitrogens with zero attached hydrogens (tertiary/aromatic N) is 3. The lowest BCUT2D eigenvalue weighted by Crippen LogP contribution is -2.25. The van der Waals surface area contributed by atoms with E-state index in [9.17, 15) is 4.79 Å². The molecule has 0 saturated carbocycles. The molecule has 0 radical (unpaired) electrons. The summed E-state index contributed by atoms with van der Waals surface area (Å²) >= 11 is 0. The number of rotatable bonds is 5. The third-order valence-corrected chi connectivity index (χ3v) is 3.18. The van der Waals surface area contributed by atoms with Gasteiger partial charge in [-0.3, -0.25) is 4.98 Å². The molecule has 6 nitrogen and oxygen atoms in total. The first-order valence-electron chi connectivity index (χ1n) is 6.68. The zero-order chi connectivity index (χ0) is 15.4. The number of nitrogens with two attached hydrogens (primary N) is 1. The molecule has 0 aromatic carbocycles. The number of carboxylic acids is 1. The van der Waals surface area contributed by atoms with Crippen LogP contribution in [0.2, 0.25) is 0 Å². The van der Waals surface area contributed by atoms with Crippen LogP contribution in [0.25, 0.3) is 0 Å². The molecule has 2 heterocycles. The summed E-state index contributed by atoms with van der Waals surface area (Å²) in [6, 6.07) is 7.19. The maximum atomic E-state index is 11.1. The van der Waals surface area contributed by atoms with Gasteiger partial charge in [-0.1, -0.05) is 6.07 Å². The minimum absolute atomic E-state index is 0.0654. The summed E-state index contributed by atoms with van der Waals surface area (Å²) in [5.41, 5.74) is 8.01. The summed E-state index contributed by atoms with van der Waals surface area (Å²) in [6.45, 7) is 5.07. The van der Waals surface area contributed by atoms with Gasteiger partial charge in [0.1, 0.15) is 0 Å². The van der Waals surface area contributed by atoms with E-state index in [4.69, 9.17) is 10.8 Å². The number of hydrogen-bond donors (Lipinski definition) is 2. The number of aryl methyl sites for hydroxylation is 1. The molecular formula is C15H18N4O2. The van der Waals surface area contributed by atoms with Crippen molar-refractivity contribution in [3.05, 3.63) is 47.4 Å². The van der Waals surface area contributed by atoms with Gasteiger partial charge in [-0.25, -0.2) is 9.78 Å². The molecule has 3 N–H and O–H groups in total. The molecular weight excluding hydrogens is 268 g/mol. The van der Waals surface area contributed by atoms with Gasteiger partial charge in [0, 0.05) is 18.4 Å². The van der Waals surface area contributed by atoms with Crippen molar-refractivity contribution in [2.45, 2.75) is 20.4 Å². The predicted molar refractivity (Wildman–Crippen MR) is 81.3 cm³/mol. The number of aromatic nitrogens is 2. The molecule has 6 heteroatoms. The first-order chi connectivity index (χ1) is 10.0. The van der Waals surface area contributed by atoms with Gasteiger partial charge in [0.15, 0.2) is 5.82 Å². The van der Waals surface area contributed by atoms with E-state index < -0.39 is 5.97 Å². The molecule has 0 atom stereocenters. The Morgan fingerprint density at radius 1 is 1.38 bits per heavy atom. The summed E-state index contributed by atoms with van der Waals surface area (Å²) in [5, 5.41) is 9.13. The minimum Gasteiger partial charge on any atom is -0.478 e. The molecule has 2 aromatic heterocycles.